The first kappa shape index (κ1) is 13.1. The second kappa shape index (κ2) is 5.23. The van der Waals surface area contributed by atoms with E-state index in [0.29, 0.717) is 13.1 Å². The van der Waals surface area contributed by atoms with E-state index in [-0.39, 0.29) is 5.25 Å². The predicted octanol–water partition coefficient (Wildman–Crippen LogP) is 1.13. The molecule has 1 aromatic rings. The quantitative estimate of drug-likeness (QED) is 0.883. The third-order valence-corrected chi connectivity index (χ3v) is 6.51. The van der Waals surface area contributed by atoms with Gasteiger partial charge in [-0.3, -0.25) is 0 Å². The number of fused-ring (bicyclic) bond motifs is 1. The van der Waals surface area contributed by atoms with Crippen molar-refractivity contribution in [1.29, 1.82) is 0 Å². The lowest BCUT2D eigenvalue weighted by Gasteiger charge is -2.33. The highest BCUT2D eigenvalue weighted by molar-refractivity contribution is 7.89. The van der Waals surface area contributed by atoms with E-state index in [1.807, 2.05) is 18.2 Å². The van der Waals surface area contributed by atoms with Gasteiger partial charge in [0, 0.05) is 13.1 Å². The summed E-state index contributed by atoms with van der Waals surface area (Å²) in [4.78, 5) is 0. The Hall–Kier alpha value is -0.910. The van der Waals surface area contributed by atoms with Gasteiger partial charge in [0.05, 0.1) is 5.25 Å². The van der Waals surface area contributed by atoms with Crippen LogP contribution >= 0.6 is 0 Å². The topological polar surface area (TPSA) is 49.4 Å². The molecule has 0 saturated carbocycles. The summed E-state index contributed by atoms with van der Waals surface area (Å²) >= 11 is 0. The minimum Gasteiger partial charge on any atom is -0.317 e. The van der Waals surface area contributed by atoms with E-state index in [4.69, 9.17) is 0 Å². The van der Waals surface area contributed by atoms with E-state index in [1.54, 1.807) is 4.31 Å². The highest BCUT2D eigenvalue weighted by atomic mass is 32.2. The van der Waals surface area contributed by atoms with E-state index in [9.17, 15) is 8.42 Å². The molecule has 0 bridgehead atoms. The second-order valence-electron chi connectivity index (χ2n) is 5.35. The van der Waals surface area contributed by atoms with Gasteiger partial charge in [0.15, 0.2) is 0 Å². The Kier molecular flexibility index (Phi) is 3.60. The molecule has 0 unspecified atom stereocenters. The van der Waals surface area contributed by atoms with E-state index in [2.05, 4.69) is 11.4 Å². The zero-order valence-corrected chi connectivity index (χ0v) is 11.8. The maximum atomic E-state index is 12.6. The molecule has 1 N–H and O–H groups in total. The van der Waals surface area contributed by atoms with Crippen molar-refractivity contribution in [3.8, 4) is 0 Å². The summed E-state index contributed by atoms with van der Waals surface area (Å²) in [5, 5.41) is 3.03. The first-order valence-electron chi connectivity index (χ1n) is 6.94. The van der Waals surface area contributed by atoms with Gasteiger partial charge in [-0.2, -0.15) is 4.31 Å². The number of sulfonamides is 1. The molecular weight excluding hydrogens is 260 g/mol. The predicted molar refractivity (Wildman–Crippen MR) is 75.4 cm³/mol. The van der Waals surface area contributed by atoms with Gasteiger partial charge in [-0.15, -0.1) is 0 Å². The maximum absolute atomic E-state index is 12.6. The van der Waals surface area contributed by atoms with Crippen LogP contribution in [0.5, 0.6) is 0 Å². The van der Waals surface area contributed by atoms with Crippen molar-refractivity contribution in [1.82, 2.24) is 9.62 Å². The molecule has 0 atom stereocenters. The zero-order chi connectivity index (χ0) is 13.3. The van der Waals surface area contributed by atoms with Crippen molar-refractivity contribution in [2.24, 2.45) is 0 Å². The van der Waals surface area contributed by atoms with Gasteiger partial charge in [-0.1, -0.05) is 24.3 Å². The second-order valence-corrected chi connectivity index (χ2v) is 7.56. The van der Waals surface area contributed by atoms with Gasteiger partial charge in [0.25, 0.3) is 0 Å². The number of nitrogens with zero attached hydrogens (tertiary/aromatic N) is 1. The Bertz CT molecular complexity index is 550. The lowest BCUT2D eigenvalue weighted by atomic mass is 10.0. The zero-order valence-electron chi connectivity index (χ0n) is 11.0. The third-order valence-electron chi connectivity index (χ3n) is 4.16. The van der Waals surface area contributed by atoms with Gasteiger partial charge >= 0.3 is 0 Å². The van der Waals surface area contributed by atoms with Crippen LogP contribution in [-0.2, 0) is 23.0 Å². The fourth-order valence-corrected chi connectivity index (χ4v) is 4.91. The molecule has 0 spiro atoms. The summed E-state index contributed by atoms with van der Waals surface area (Å²) in [6, 6.07) is 8.15. The summed E-state index contributed by atoms with van der Waals surface area (Å²) < 4.78 is 27.0. The van der Waals surface area contributed by atoms with Crippen molar-refractivity contribution in [3.63, 3.8) is 0 Å². The molecule has 1 fully saturated rings. The Labute approximate surface area is 114 Å². The van der Waals surface area contributed by atoms with Crippen LogP contribution in [-0.4, -0.2) is 37.6 Å². The van der Waals surface area contributed by atoms with Gasteiger partial charge < -0.3 is 5.32 Å². The fraction of sp³-hybridized carbons (Fsp3) is 0.571. The van der Waals surface area contributed by atoms with E-state index < -0.39 is 10.0 Å². The van der Waals surface area contributed by atoms with Crippen molar-refractivity contribution >= 4 is 10.0 Å². The van der Waals surface area contributed by atoms with Gasteiger partial charge in [-0.25, -0.2) is 8.42 Å². The molecule has 0 aromatic heterocycles. The average molecular weight is 280 g/mol. The first-order chi connectivity index (χ1) is 9.18. The van der Waals surface area contributed by atoms with Crippen molar-refractivity contribution in [2.75, 3.05) is 19.6 Å². The summed E-state index contributed by atoms with van der Waals surface area (Å²) in [5.41, 5.74) is 2.45. The van der Waals surface area contributed by atoms with Gasteiger partial charge in [0.1, 0.15) is 0 Å². The largest absolute Gasteiger partial charge is 0.317 e. The number of hydrogen-bond donors (Lipinski definition) is 1. The lowest BCUT2D eigenvalue weighted by molar-refractivity contribution is 0.373. The Morgan fingerprint density at radius 3 is 2.53 bits per heavy atom. The Morgan fingerprint density at radius 1 is 1.11 bits per heavy atom. The molecule has 1 aromatic carbocycles. The molecule has 5 heteroatoms. The number of hydrogen-bond acceptors (Lipinski definition) is 3. The van der Waals surface area contributed by atoms with Gasteiger partial charge in [0.2, 0.25) is 10.0 Å². The Morgan fingerprint density at radius 2 is 1.79 bits per heavy atom. The Balaban J connectivity index is 1.80. The van der Waals surface area contributed by atoms with Crippen LogP contribution in [0.2, 0.25) is 0 Å². The molecule has 3 rings (SSSR count). The SMILES string of the molecule is O=S(=O)(C1CCNCC1)N1CCc2ccccc2C1. The maximum Gasteiger partial charge on any atom is 0.217 e. The minimum atomic E-state index is -3.13. The number of piperidine rings is 1. The minimum absolute atomic E-state index is 0.195. The molecule has 0 radical (unpaired) electrons. The van der Waals surface area contributed by atoms with Gasteiger partial charge in [-0.05, 0) is 43.5 Å². The molecule has 1 saturated heterocycles. The van der Waals surface area contributed by atoms with Crippen LogP contribution in [0.1, 0.15) is 24.0 Å². The molecule has 0 amide bonds. The molecular formula is C14H20N2O2S. The molecule has 19 heavy (non-hydrogen) atoms. The van der Waals surface area contributed by atoms with Crippen LogP contribution in [0.15, 0.2) is 24.3 Å². The third kappa shape index (κ3) is 2.55. The highest BCUT2D eigenvalue weighted by Crippen LogP contribution is 2.25. The number of rotatable bonds is 2. The summed E-state index contributed by atoms with van der Waals surface area (Å²) in [6.07, 6.45) is 2.31. The molecule has 0 aliphatic carbocycles. The van der Waals surface area contributed by atoms with E-state index in [0.717, 1.165) is 37.9 Å². The lowest BCUT2D eigenvalue weighted by Crippen LogP contribution is -2.45. The van der Waals surface area contributed by atoms with E-state index in [1.165, 1.54) is 5.56 Å². The molecule has 2 aliphatic rings. The molecule has 4 nitrogen and oxygen atoms in total. The summed E-state index contributed by atoms with van der Waals surface area (Å²) in [5.74, 6) is 0. The normalized spacial score (nSPS) is 22.1. The molecule has 104 valence electrons. The van der Waals surface area contributed by atoms with Crippen molar-refractivity contribution in [3.05, 3.63) is 35.4 Å². The van der Waals surface area contributed by atoms with Crippen molar-refractivity contribution < 1.29 is 8.42 Å². The first-order valence-corrected chi connectivity index (χ1v) is 8.45. The molecule has 2 heterocycles. The summed E-state index contributed by atoms with van der Waals surface area (Å²) in [6.45, 7) is 2.80. The summed E-state index contributed by atoms with van der Waals surface area (Å²) in [7, 11) is -3.13. The number of benzene rings is 1. The number of nitrogens with one attached hydrogen (secondary N) is 1. The van der Waals surface area contributed by atoms with Crippen LogP contribution in [0.3, 0.4) is 0 Å². The highest BCUT2D eigenvalue weighted by Gasteiger charge is 2.34. The average Bonchev–Trinajstić information content (AvgIpc) is 2.47. The monoisotopic (exact) mass is 280 g/mol. The van der Waals surface area contributed by atoms with Crippen LogP contribution in [0.4, 0.5) is 0 Å². The van der Waals surface area contributed by atoms with Crippen LogP contribution in [0.25, 0.3) is 0 Å². The fourth-order valence-electron chi connectivity index (χ4n) is 2.99. The van der Waals surface area contributed by atoms with E-state index >= 15 is 0 Å². The smallest absolute Gasteiger partial charge is 0.217 e. The standard InChI is InChI=1S/C14H20N2O2S/c17-19(18,14-5-8-15-9-6-14)16-10-7-12-3-1-2-4-13(12)11-16/h1-4,14-15H,5-11H2. The molecule has 2 aliphatic heterocycles. The van der Waals surface area contributed by atoms with Crippen LogP contribution < -0.4 is 5.32 Å². The van der Waals surface area contributed by atoms with Crippen LogP contribution in [0, 0.1) is 0 Å². The van der Waals surface area contributed by atoms with Crippen molar-refractivity contribution in [2.45, 2.75) is 31.1 Å².